The minimum absolute atomic E-state index is 0.571. The smallest absolute Gasteiger partial charge is 0.244 e. The summed E-state index contributed by atoms with van der Waals surface area (Å²) in [6, 6.07) is 17.7. The van der Waals surface area contributed by atoms with E-state index in [9.17, 15) is 0 Å². The molecule has 25 heavy (non-hydrogen) atoms. The van der Waals surface area contributed by atoms with Crippen LogP contribution in [0.5, 0.6) is 0 Å². The van der Waals surface area contributed by atoms with Crippen molar-refractivity contribution in [1.82, 2.24) is 0 Å². The predicted octanol–water partition coefficient (Wildman–Crippen LogP) is 5.53. The minimum Gasteiger partial charge on any atom is -0.330 e. The summed E-state index contributed by atoms with van der Waals surface area (Å²) in [5, 5.41) is 2.92. The van der Waals surface area contributed by atoms with Gasteiger partial charge in [0, 0.05) is 29.8 Å². The lowest BCUT2D eigenvalue weighted by Gasteiger charge is -2.23. The third kappa shape index (κ3) is 2.27. The monoisotopic (exact) mass is 365 g/mol. The van der Waals surface area contributed by atoms with Crippen LogP contribution >= 0.6 is 23.1 Å². The maximum atomic E-state index is 2.56. The maximum absolute atomic E-state index is 2.56. The molecular weight excluding hydrogens is 344 g/mol. The third-order valence-electron chi connectivity index (χ3n) is 5.23. The first-order valence-electron chi connectivity index (χ1n) is 8.99. The summed E-state index contributed by atoms with van der Waals surface area (Å²) in [6.07, 6.45) is 2.42. The van der Waals surface area contributed by atoms with Crippen LogP contribution in [0.3, 0.4) is 0 Å². The summed E-state index contributed by atoms with van der Waals surface area (Å²) >= 11 is 3.90. The summed E-state index contributed by atoms with van der Waals surface area (Å²) in [4.78, 5) is 3.88. The van der Waals surface area contributed by atoms with Gasteiger partial charge in [-0.3, -0.25) is 0 Å². The van der Waals surface area contributed by atoms with E-state index in [4.69, 9.17) is 0 Å². The maximum Gasteiger partial charge on any atom is 0.244 e. The van der Waals surface area contributed by atoms with Crippen molar-refractivity contribution in [2.24, 2.45) is 5.92 Å². The Morgan fingerprint density at radius 2 is 1.92 bits per heavy atom. The molecule has 0 fully saturated rings. The topological polar surface area (TPSA) is 7.12 Å². The fraction of sp³-hybridized carbons (Fsp3) is 0.286. The summed E-state index contributed by atoms with van der Waals surface area (Å²) in [6.45, 7) is 5.66. The quantitative estimate of drug-likeness (QED) is 0.524. The Balaban J connectivity index is 1.79. The Morgan fingerprint density at radius 3 is 2.80 bits per heavy atom. The third-order valence-corrected chi connectivity index (χ3v) is 7.60. The number of thioether (sulfide) groups is 1. The second-order valence-corrected chi connectivity index (χ2v) is 8.89. The van der Waals surface area contributed by atoms with E-state index in [1.165, 1.54) is 49.4 Å². The molecule has 0 N–H and O–H groups in total. The standard InChI is InChI=1S/C21H21N2S2/c1-3-22-15-8-4-6-10-17(15)25-21(22)20-14(2)12-13-19-23(20)16-9-5-7-11-18(16)24-19/h4-11,14H,3,12-13H2,1-2H3/q+1. The minimum atomic E-state index is 0.571. The number of aryl methyl sites for hydroxylation is 1. The number of thiazole rings is 1. The summed E-state index contributed by atoms with van der Waals surface area (Å²) in [5.74, 6) is 0.571. The first kappa shape index (κ1) is 15.5. The van der Waals surface area contributed by atoms with Crippen LogP contribution in [-0.2, 0) is 6.42 Å². The highest BCUT2D eigenvalue weighted by atomic mass is 32.2. The van der Waals surface area contributed by atoms with Crippen molar-refractivity contribution in [2.45, 2.75) is 31.6 Å². The van der Waals surface area contributed by atoms with Gasteiger partial charge in [0.15, 0.2) is 0 Å². The number of anilines is 1. The van der Waals surface area contributed by atoms with Gasteiger partial charge in [0.25, 0.3) is 0 Å². The van der Waals surface area contributed by atoms with Crippen molar-refractivity contribution in [3.05, 3.63) is 58.6 Å². The summed E-state index contributed by atoms with van der Waals surface area (Å²) in [7, 11) is 0. The van der Waals surface area contributed by atoms with Gasteiger partial charge < -0.3 is 4.90 Å². The van der Waals surface area contributed by atoms with Gasteiger partial charge in [-0.2, -0.15) is 0 Å². The van der Waals surface area contributed by atoms with E-state index in [1.807, 2.05) is 23.1 Å². The van der Waals surface area contributed by atoms with Crippen LogP contribution in [0.25, 0.3) is 15.9 Å². The van der Waals surface area contributed by atoms with E-state index < -0.39 is 0 Å². The molecular formula is C21H21N2S2+. The van der Waals surface area contributed by atoms with Crippen molar-refractivity contribution in [3.63, 3.8) is 0 Å². The van der Waals surface area contributed by atoms with Gasteiger partial charge in [-0.1, -0.05) is 54.3 Å². The normalized spacial score (nSPS) is 22.3. The van der Waals surface area contributed by atoms with Crippen LogP contribution < -0.4 is 9.47 Å². The Morgan fingerprint density at radius 1 is 1.12 bits per heavy atom. The Hall–Kier alpha value is -1.78. The largest absolute Gasteiger partial charge is 0.330 e. The average Bonchev–Trinajstić information content (AvgIpc) is 3.19. The summed E-state index contributed by atoms with van der Waals surface area (Å²) in [5.41, 5.74) is 4.21. The van der Waals surface area contributed by atoms with Crippen molar-refractivity contribution in [3.8, 4) is 0 Å². The molecule has 2 aliphatic heterocycles. The van der Waals surface area contributed by atoms with Gasteiger partial charge in [-0.25, -0.2) is 0 Å². The molecule has 0 radical (unpaired) electrons. The molecule has 3 aromatic rings. The van der Waals surface area contributed by atoms with Gasteiger partial charge in [-0.15, -0.1) is 4.57 Å². The van der Waals surface area contributed by atoms with Crippen LogP contribution in [0.15, 0.2) is 58.5 Å². The number of hydrogen-bond acceptors (Lipinski definition) is 3. The van der Waals surface area contributed by atoms with Crippen LogP contribution in [0.2, 0.25) is 0 Å². The highest BCUT2D eigenvalue weighted by molar-refractivity contribution is 8.04. The molecule has 2 nitrogen and oxygen atoms in total. The lowest BCUT2D eigenvalue weighted by molar-refractivity contribution is -0.566. The van der Waals surface area contributed by atoms with E-state index in [1.54, 1.807) is 0 Å². The number of benzene rings is 2. The fourth-order valence-corrected chi connectivity index (χ4v) is 6.55. The van der Waals surface area contributed by atoms with Crippen LogP contribution in [-0.4, -0.2) is 6.54 Å². The molecule has 5 rings (SSSR count). The number of para-hydroxylation sites is 2. The van der Waals surface area contributed by atoms with Gasteiger partial charge in [0.1, 0.15) is 9.73 Å². The van der Waals surface area contributed by atoms with Crippen molar-refractivity contribution in [1.29, 1.82) is 0 Å². The zero-order valence-corrected chi connectivity index (χ0v) is 16.2. The van der Waals surface area contributed by atoms with E-state index in [0.717, 1.165) is 6.54 Å². The second kappa shape index (κ2) is 5.89. The first-order chi connectivity index (χ1) is 12.3. The Bertz CT molecular complexity index is 1000. The molecule has 1 unspecified atom stereocenters. The molecule has 0 saturated heterocycles. The zero-order valence-electron chi connectivity index (χ0n) is 14.5. The SMILES string of the molecule is CCN1C(=C2C(C)CCc3sc4ccccc4[n+]32)Sc2ccccc21. The van der Waals surface area contributed by atoms with E-state index in [2.05, 4.69) is 71.8 Å². The first-order valence-corrected chi connectivity index (χ1v) is 10.6. The molecule has 0 aliphatic carbocycles. The van der Waals surface area contributed by atoms with Gasteiger partial charge in [0.05, 0.1) is 5.69 Å². The number of fused-ring (bicyclic) bond motifs is 4. The molecule has 0 amide bonds. The van der Waals surface area contributed by atoms with Crippen LogP contribution in [0.1, 0.15) is 25.3 Å². The summed E-state index contributed by atoms with van der Waals surface area (Å²) < 4.78 is 3.96. The number of nitrogens with zero attached hydrogens (tertiary/aromatic N) is 2. The number of rotatable bonds is 1. The lowest BCUT2D eigenvalue weighted by Crippen LogP contribution is -2.43. The van der Waals surface area contributed by atoms with E-state index in [-0.39, 0.29) is 0 Å². The molecule has 3 heterocycles. The van der Waals surface area contributed by atoms with Crippen molar-refractivity contribution < 1.29 is 4.57 Å². The fourth-order valence-electron chi connectivity index (χ4n) is 4.01. The van der Waals surface area contributed by atoms with Crippen molar-refractivity contribution in [2.75, 3.05) is 11.4 Å². The highest BCUT2D eigenvalue weighted by Gasteiger charge is 2.40. The molecule has 0 saturated carbocycles. The van der Waals surface area contributed by atoms with Crippen LogP contribution in [0.4, 0.5) is 5.69 Å². The highest BCUT2D eigenvalue weighted by Crippen LogP contribution is 2.49. The predicted molar refractivity (Wildman–Crippen MR) is 108 cm³/mol. The van der Waals surface area contributed by atoms with Gasteiger partial charge >= 0.3 is 0 Å². The molecule has 0 bridgehead atoms. The zero-order chi connectivity index (χ0) is 17.0. The number of allylic oxidation sites excluding steroid dienone is 1. The van der Waals surface area contributed by atoms with Gasteiger partial charge in [-0.05, 0) is 31.5 Å². The molecule has 2 aliphatic rings. The average molecular weight is 366 g/mol. The van der Waals surface area contributed by atoms with Crippen LogP contribution in [0, 0.1) is 5.92 Å². The molecule has 126 valence electrons. The molecule has 0 spiro atoms. The number of aromatic nitrogens is 1. The van der Waals surface area contributed by atoms with E-state index in [0.29, 0.717) is 5.92 Å². The lowest BCUT2D eigenvalue weighted by atomic mass is 9.98. The van der Waals surface area contributed by atoms with Crippen molar-refractivity contribution >= 4 is 44.7 Å². The number of hydrogen-bond donors (Lipinski definition) is 0. The Kier molecular flexibility index (Phi) is 3.64. The second-order valence-electron chi connectivity index (χ2n) is 6.74. The Labute approximate surface area is 156 Å². The molecule has 1 atom stereocenters. The molecule has 1 aromatic heterocycles. The van der Waals surface area contributed by atoms with E-state index >= 15 is 0 Å². The van der Waals surface area contributed by atoms with Gasteiger partial charge in [0.2, 0.25) is 16.2 Å². The molecule has 4 heteroatoms. The molecule has 2 aromatic carbocycles.